The molecule has 3 atom stereocenters. The van der Waals surface area contributed by atoms with Crippen LogP contribution in [0.2, 0.25) is 0 Å². The fraction of sp³-hybridized carbons (Fsp3) is 0.800. The summed E-state index contributed by atoms with van der Waals surface area (Å²) in [5.74, 6) is 0.711. The maximum absolute atomic E-state index is 13.0. The number of carbonyl (C=O) groups excluding carboxylic acids is 1. The molecule has 3 nitrogen and oxygen atoms in total. The Labute approximate surface area is 202 Å². The molecule has 3 rings (SSSR count). The van der Waals surface area contributed by atoms with Gasteiger partial charge in [0.25, 0.3) is 0 Å². The zero-order chi connectivity index (χ0) is 24.9. The molecule has 0 saturated heterocycles. The quantitative estimate of drug-likeness (QED) is 0.451. The summed E-state index contributed by atoms with van der Waals surface area (Å²) in [5.41, 5.74) is 1.43. The minimum absolute atomic E-state index is 0.00707. The van der Waals surface area contributed by atoms with Gasteiger partial charge in [0.2, 0.25) is 0 Å². The van der Waals surface area contributed by atoms with E-state index >= 15 is 0 Å². The van der Waals surface area contributed by atoms with Crippen molar-refractivity contribution < 1.29 is 9.90 Å². The number of hydrogen-bond donors (Lipinski definition) is 1. The van der Waals surface area contributed by atoms with E-state index in [-0.39, 0.29) is 29.1 Å². The average molecular weight is 454 g/mol. The summed E-state index contributed by atoms with van der Waals surface area (Å²) in [6, 6.07) is 2.20. The Bertz CT molecular complexity index is 872. The smallest absolute Gasteiger partial charge is 0.178 e. The Kier molecular flexibility index (Phi) is 6.89. The number of ketones is 1. The molecule has 0 amide bonds. The first-order valence-electron chi connectivity index (χ1n) is 13.1. The zero-order valence-corrected chi connectivity index (χ0v) is 22.5. The van der Waals surface area contributed by atoms with Crippen molar-refractivity contribution in [1.82, 2.24) is 0 Å². The molecule has 1 N–H and O–H groups in total. The van der Waals surface area contributed by atoms with Gasteiger partial charge < -0.3 is 5.11 Å². The highest BCUT2D eigenvalue weighted by atomic mass is 16.2. The number of rotatable bonds is 4. The van der Waals surface area contributed by atoms with Crippen molar-refractivity contribution in [3.8, 4) is 6.07 Å². The van der Waals surface area contributed by atoms with Gasteiger partial charge in [-0.3, -0.25) is 4.79 Å². The van der Waals surface area contributed by atoms with Crippen LogP contribution < -0.4 is 0 Å². The SMILES string of the molecule is CC(C)(C)CCC1(C)CCC(C2(C)CCC3C(C)(C)C(=O)C(C#N)=CC3(C)/C2=C/CO)CC1. The third-order valence-corrected chi connectivity index (χ3v) is 10.0. The van der Waals surface area contributed by atoms with Gasteiger partial charge >= 0.3 is 0 Å². The fourth-order valence-electron chi connectivity index (χ4n) is 7.77. The van der Waals surface area contributed by atoms with Crippen molar-refractivity contribution in [2.75, 3.05) is 6.61 Å². The van der Waals surface area contributed by atoms with Gasteiger partial charge in [0.05, 0.1) is 12.2 Å². The van der Waals surface area contributed by atoms with Gasteiger partial charge in [0.15, 0.2) is 5.78 Å². The highest BCUT2D eigenvalue weighted by molar-refractivity contribution is 6.04. The van der Waals surface area contributed by atoms with E-state index < -0.39 is 5.41 Å². The third-order valence-electron chi connectivity index (χ3n) is 10.0. The molecule has 0 heterocycles. The molecule has 0 aromatic heterocycles. The van der Waals surface area contributed by atoms with Crippen molar-refractivity contribution in [1.29, 1.82) is 5.26 Å². The van der Waals surface area contributed by atoms with Gasteiger partial charge in [-0.1, -0.05) is 73.1 Å². The molecule has 0 radical (unpaired) electrons. The van der Waals surface area contributed by atoms with Crippen molar-refractivity contribution in [2.45, 2.75) is 107 Å². The Morgan fingerprint density at radius 1 is 1.09 bits per heavy atom. The van der Waals surface area contributed by atoms with Crippen LogP contribution in [-0.4, -0.2) is 17.5 Å². The lowest BCUT2D eigenvalue weighted by Gasteiger charge is -2.60. The molecule has 0 spiro atoms. The number of hydrogen-bond acceptors (Lipinski definition) is 3. The Hall–Kier alpha value is -1.40. The monoisotopic (exact) mass is 453 g/mol. The molecule has 0 aromatic rings. The number of nitrogens with zero attached hydrogens (tertiary/aromatic N) is 1. The van der Waals surface area contributed by atoms with E-state index in [0.717, 1.165) is 12.8 Å². The molecule has 3 heteroatoms. The maximum Gasteiger partial charge on any atom is 0.178 e. The van der Waals surface area contributed by atoms with Gasteiger partial charge in [-0.05, 0) is 79.4 Å². The first-order valence-corrected chi connectivity index (χ1v) is 13.1. The second-order valence-corrected chi connectivity index (χ2v) is 14.0. The number of nitriles is 1. The first-order chi connectivity index (χ1) is 15.1. The van der Waals surface area contributed by atoms with E-state index in [4.69, 9.17) is 0 Å². The molecule has 184 valence electrons. The summed E-state index contributed by atoms with van der Waals surface area (Å²) >= 11 is 0. The molecule has 2 fully saturated rings. The van der Waals surface area contributed by atoms with Gasteiger partial charge in [-0.2, -0.15) is 5.26 Å². The van der Waals surface area contributed by atoms with Crippen LogP contribution >= 0.6 is 0 Å². The predicted octanol–water partition coefficient (Wildman–Crippen LogP) is 7.41. The van der Waals surface area contributed by atoms with Crippen LogP contribution in [0.4, 0.5) is 0 Å². The van der Waals surface area contributed by atoms with Crippen LogP contribution in [-0.2, 0) is 4.79 Å². The third kappa shape index (κ3) is 4.62. The lowest BCUT2D eigenvalue weighted by Crippen LogP contribution is -2.54. The van der Waals surface area contributed by atoms with Crippen molar-refractivity contribution in [3.05, 3.63) is 23.3 Å². The fourth-order valence-corrected chi connectivity index (χ4v) is 7.77. The Balaban J connectivity index is 1.92. The summed E-state index contributed by atoms with van der Waals surface area (Å²) in [6.45, 7) is 18.2. The Morgan fingerprint density at radius 3 is 2.21 bits per heavy atom. The molecule has 3 aliphatic carbocycles. The number of fused-ring (bicyclic) bond motifs is 1. The summed E-state index contributed by atoms with van der Waals surface area (Å²) in [4.78, 5) is 13.0. The van der Waals surface area contributed by atoms with Crippen LogP contribution in [0.25, 0.3) is 0 Å². The lowest BCUT2D eigenvalue weighted by atomic mass is 9.43. The van der Waals surface area contributed by atoms with Gasteiger partial charge in [-0.25, -0.2) is 0 Å². The highest BCUT2D eigenvalue weighted by Gasteiger charge is 2.59. The number of allylic oxidation sites excluding steroid dienone is 3. The van der Waals surface area contributed by atoms with Gasteiger partial charge in [0, 0.05) is 10.8 Å². The number of aliphatic hydroxyl groups excluding tert-OH is 1. The number of carbonyl (C=O) groups is 1. The first kappa shape index (κ1) is 26.2. The van der Waals surface area contributed by atoms with Crippen molar-refractivity contribution >= 4 is 5.78 Å². The summed E-state index contributed by atoms with van der Waals surface area (Å²) < 4.78 is 0. The van der Waals surface area contributed by atoms with Crippen molar-refractivity contribution in [3.63, 3.8) is 0 Å². The van der Waals surface area contributed by atoms with Crippen LogP contribution in [0.1, 0.15) is 107 Å². The molecular formula is C30H47NO2. The summed E-state index contributed by atoms with van der Waals surface area (Å²) in [5, 5.41) is 19.8. The van der Waals surface area contributed by atoms with Crippen LogP contribution in [0.15, 0.2) is 23.3 Å². The highest BCUT2D eigenvalue weighted by Crippen LogP contribution is 2.65. The van der Waals surface area contributed by atoms with Gasteiger partial charge in [-0.15, -0.1) is 0 Å². The van der Waals surface area contributed by atoms with E-state index in [1.54, 1.807) is 0 Å². The molecule has 0 bridgehead atoms. The normalized spacial score (nSPS) is 40.2. The van der Waals surface area contributed by atoms with Gasteiger partial charge in [0.1, 0.15) is 6.07 Å². The molecule has 2 saturated carbocycles. The summed E-state index contributed by atoms with van der Waals surface area (Å²) in [7, 11) is 0. The van der Waals surface area contributed by atoms with E-state index in [9.17, 15) is 15.2 Å². The largest absolute Gasteiger partial charge is 0.392 e. The van der Waals surface area contributed by atoms with E-state index in [1.165, 1.54) is 44.1 Å². The van der Waals surface area contributed by atoms with Crippen LogP contribution in [0.5, 0.6) is 0 Å². The standard InChI is InChI=1S/C30H47NO2/c1-26(2,3)16-17-28(6)13-9-22(10-14-28)29(7)15-11-23-27(4,5)25(33)21(20-31)19-30(23,8)24(29)12-18-32/h12,19,22-23,32H,9-11,13-18H2,1-8H3/b24-12+. The second-order valence-electron chi connectivity index (χ2n) is 14.0. The lowest BCUT2D eigenvalue weighted by molar-refractivity contribution is -0.131. The second kappa shape index (κ2) is 8.67. The zero-order valence-electron chi connectivity index (χ0n) is 22.5. The number of Topliss-reactive ketones (excluding diaryl/α,β-unsaturated/α-hetero) is 1. The Morgan fingerprint density at radius 2 is 1.70 bits per heavy atom. The van der Waals surface area contributed by atoms with Crippen LogP contribution in [0.3, 0.4) is 0 Å². The molecule has 3 aliphatic rings. The van der Waals surface area contributed by atoms with Crippen LogP contribution in [0, 0.1) is 50.2 Å². The van der Waals surface area contributed by atoms with E-state index in [1.807, 2.05) is 26.0 Å². The molecule has 0 aromatic carbocycles. The minimum Gasteiger partial charge on any atom is -0.392 e. The molecule has 3 unspecified atom stereocenters. The van der Waals surface area contributed by atoms with Crippen molar-refractivity contribution in [2.24, 2.45) is 38.9 Å². The molecule has 0 aliphatic heterocycles. The molecule has 33 heavy (non-hydrogen) atoms. The predicted molar refractivity (Wildman–Crippen MR) is 135 cm³/mol. The minimum atomic E-state index is -0.567. The molecular weight excluding hydrogens is 406 g/mol. The summed E-state index contributed by atoms with van der Waals surface area (Å²) in [6.07, 6.45) is 13.6. The van der Waals surface area contributed by atoms with E-state index in [2.05, 4.69) is 47.6 Å². The maximum atomic E-state index is 13.0. The number of aliphatic hydroxyl groups is 1. The topological polar surface area (TPSA) is 61.1 Å². The van der Waals surface area contributed by atoms with E-state index in [0.29, 0.717) is 22.3 Å². The average Bonchev–Trinajstić information content (AvgIpc) is 2.72.